The molecule has 0 atom stereocenters. The quantitative estimate of drug-likeness (QED) is 0.658. The van der Waals surface area contributed by atoms with Crippen LogP contribution >= 0.6 is 0 Å². The fourth-order valence-electron chi connectivity index (χ4n) is 3.86. The first-order chi connectivity index (χ1) is 14.9. The van der Waals surface area contributed by atoms with Gasteiger partial charge in [-0.3, -0.25) is 14.0 Å². The zero-order valence-electron chi connectivity index (χ0n) is 18.0. The van der Waals surface area contributed by atoms with E-state index >= 15 is 0 Å². The van der Waals surface area contributed by atoms with Crippen LogP contribution in [0.1, 0.15) is 23.2 Å². The summed E-state index contributed by atoms with van der Waals surface area (Å²) in [7, 11) is -0.735. The Labute approximate surface area is 184 Å². The van der Waals surface area contributed by atoms with Crippen molar-refractivity contribution in [1.29, 1.82) is 0 Å². The fourth-order valence-corrected chi connectivity index (χ4v) is 5.10. The number of carbonyl (C=O) groups excluding carboxylic acids is 1. The molecule has 1 heterocycles. The number of ether oxygens (including phenoxy) is 1. The lowest BCUT2D eigenvalue weighted by atomic mass is 10.2. The molecule has 0 N–H and O–H groups in total. The Balaban J connectivity index is 1.47. The van der Waals surface area contributed by atoms with Crippen molar-refractivity contribution in [2.45, 2.75) is 17.7 Å². The Hall–Kier alpha value is -2.58. The van der Waals surface area contributed by atoms with Crippen LogP contribution in [0.3, 0.4) is 0 Å². The lowest BCUT2D eigenvalue weighted by Crippen LogP contribution is -2.49. The van der Waals surface area contributed by atoms with Gasteiger partial charge in [0.15, 0.2) is 0 Å². The van der Waals surface area contributed by atoms with Crippen LogP contribution in [-0.2, 0) is 10.0 Å². The molecular formula is C23H29N3O4S. The summed E-state index contributed by atoms with van der Waals surface area (Å²) in [6, 6.07) is 13.1. The number of piperazine rings is 1. The van der Waals surface area contributed by atoms with E-state index in [1.807, 2.05) is 4.90 Å². The van der Waals surface area contributed by atoms with Gasteiger partial charge in [0.2, 0.25) is 0 Å². The van der Waals surface area contributed by atoms with Gasteiger partial charge in [0.1, 0.15) is 5.75 Å². The number of rotatable bonds is 7. The molecule has 2 fully saturated rings. The highest BCUT2D eigenvalue weighted by Crippen LogP contribution is 2.30. The zero-order valence-corrected chi connectivity index (χ0v) is 18.8. The number of carbonyl (C=O) groups is 1. The van der Waals surface area contributed by atoms with Gasteiger partial charge in [-0.1, -0.05) is 6.07 Å². The Bertz CT molecular complexity index is 1030. The topological polar surface area (TPSA) is 70.2 Å². The van der Waals surface area contributed by atoms with Gasteiger partial charge in [-0.25, -0.2) is 8.42 Å². The van der Waals surface area contributed by atoms with Gasteiger partial charge in [0.25, 0.3) is 15.9 Å². The maximum atomic E-state index is 13.2. The number of hydrogen-bond acceptors (Lipinski definition) is 5. The van der Waals surface area contributed by atoms with Gasteiger partial charge >= 0.3 is 0 Å². The SMILES string of the molecule is COc1ccc(N(C)S(=O)(=O)c2cccc(C(=O)N3CCN(CC4CC4)CC3)c2)cc1. The number of amides is 1. The molecule has 2 aromatic carbocycles. The third kappa shape index (κ3) is 4.85. The summed E-state index contributed by atoms with van der Waals surface area (Å²) in [5.74, 6) is 1.38. The molecule has 1 amide bonds. The van der Waals surface area contributed by atoms with E-state index in [-0.39, 0.29) is 10.8 Å². The molecule has 0 radical (unpaired) electrons. The monoisotopic (exact) mass is 443 g/mol. The van der Waals surface area contributed by atoms with E-state index in [0.29, 0.717) is 30.1 Å². The minimum atomic E-state index is -3.80. The van der Waals surface area contributed by atoms with Crippen LogP contribution in [0.25, 0.3) is 0 Å². The molecule has 7 nitrogen and oxygen atoms in total. The molecule has 1 aliphatic heterocycles. The molecule has 1 saturated carbocycles. The smallest absolute Gasteiger partial charge is 0.264 e. The molecule has 8 heteroatoms. The van der Waals surface area contributed by atoms with E-state index in [9.17, 15) is 13.2 Å². The Kier molecular flexibility index (Phi) is 6.20. The third-order valence-electron chi connectivity index (χ3n) is 6.05. The molecule has 2 aromatic rings. The number of benzene rings is 2. The highest BCUT2D eigenvalue weighted by molar-refractivity contribution is 7.92. The molecule has 0 unspecified atom stereocenters. The standard InChI is InChI=1S/C23H29N3O4S/c1-24(20-8-10-21(30-2)11-9-20)31(28,29)22-5-3-4-19(16-22)23(27)26-14-12-25(13-15-26)17-18-6-7-18/h3-5,8-11,16,18H,6-7,12-15,17H2,1-2H3. The average molecular weight is 444 g/mol. The Morgan fingerprint density at radius 2 is 1.74 bits per heavy atom. The molecule has 4 rings (SSSR count). The Morgan fingerprint density at radius 3 is 2.35 bits per heavy atom. The van der Waals surface area contributed by atoms with Crippen molar-refractivity contribution in [3.8, 4) is 5.75 Å². The lowest BCUT2D eigenvalue weighted by molar-refractivity contribution is 0.0632. The molecule has 2 aliphatic rings. The summed E-state index contributed by atoms with van der Waals surface area (Å²) in [4.78, 5) is 17.4. The van der Waals surface area contributed by atoms with Crippen LogP contribution in [0.2, 0.25) is 0 Å². The van der Waals surface area contributed by atoms with E-state index in [0.717, 1.165) is 25.6 Å². The van der Waals surface area contributed by atoms with Crippen molar-refractivity contribution in [1.82, 2.24) is 9.80 Å². The first kappa shape index (κ1) is 21.6. The zero-order chi connectivity index (χ0) is 22.0. The van der Waals surface area contributed by atoms with Gasteiger partial charge in [-0.05, 0) is 61.2 Å². The van der Waals surface area contributed by atoms with Crippen LogP contribution in [0.5, 0.6) is 5.75 Å². The van der Waals surface area contributed by atoms with Crippen LogP contribution in [0, 0.1) is 5.92 Å². The minimum absolute atomic E-state index is 0.101. The molecule has 0 bridgehead atoms. The summed E-state index contributed by atoms with van der Waals surface area (Å²) in [5, 5.41) is 0. The summed E-state index contributed by atoms with van der Waals surface area (Å²) < 4.78 is 32.7. The number of sulfonamides is 1. The Morgan fingerprint density at radius 1 is 1.06 bits per heavy atom. The lowest BCUT2D eigenvalue weighted by Gasteiger charge is -2.34. The molecule has 31 heavy (non-hydrogen) atoms. The van der Waals surface area contributed by atoms with Crippen LogP contribution in [0.4, 0.5) is 5.69 Å². The van der Waals surface area contributed by atoms with Crippen molar-refractivity contribution in [2.75, 3.05) is 51.2 Å². The van der Waals surface area contributed by atoms with Crippen LogP contribution in [-0.4, -0.2) is 71.0 Å². The second kappa shape index (κ2) is 8.88. The summed E-state index contributed by atoms with van der Waals surface area (Å²) in [6.07, 6.45) is 2.65. The highest BCUT2D eigenvalue weighted by atomic mass is 32.2. The van der Waals surface area contributed by atoms with Crippen molar-refractivity contribution in [3.05, 3.63) is 54.1 Å². The highest BCUT2D eigenvalue weighted by Gasteiger charge is 2.29. The summed E-state index contributed by atoms with van der Waals surface area (Å²) in [5.41, 5.74) is 0.921. The largest absolute Gasteiger partial charge is 0.497 e. The molecular weight excluding hydrogens is 414 g/mol. The maximum absolute atomic E-state index is 13.2. The van der Waals surface area contributed by atoms with Gasteiger partial charge in [0.05, 0.1) is 17.7 Å². The average Bonchev–Trinajstić information content (AvgIpc) is 3.63. The van der Waals surface area contributed by atoms with Gasteiger partial charge in [0, 0.05) is 45.3 Å². The molecule has 1 saturated heterocycles. The second-order valence-electron chi connectivity index (χ2n) is 8.23. The predicted octanol–water partition coefficient (Wildman–Crippen LogP) is 2.69. The number of nitrogens with zero attached hydrogens (tertiary/aromatic N) is 3. The number of anilines is 1. The molecule has 0 spiro atoms. The first-order valence-corrected chi connectivity index (χ1v) is 12.1. The molecule has 0 aromatic heterocycles. The van der Waals surface area contributed by atoms with Crippen molar-refractivity contribution in [3.63, 3.8) is 0 Å². The number of hydrogen-bond donors (Lipinski definition) is 0. The first-order valence-electron chi connectivity index (χ1n) is 10.6. The van der Waals surface area contributed by atoms with Gasteiger partial charge < -0.3 is 9.64 Å². The van der Waals surface area contributed by atoms with E-state index < -0.39 is 10.0 Å². The molecule has 1 aliphatic carbocycles. The van der Waals surface area contributed by atoms with E-state index in [1.165, 1.54) is 36.3 Å². The second-order valence-corrected chi connectivity index (χ2v) is 10.2. The van der Waals surface area contributed by atoms with Gasteiger partial charge in [-0.15, -0.1) is 0 Å². The minimum Gasteiger partial charge on any atom is -0.497 e. The van der Waals surface area contributed by atoms with Crippen LogP contribution < -0.4 is 9.04 Å². The fraction of sp³-hybridized carbons (Fsp3) is 0.435. The van der Waals surface area contributed by atoms with Crippen molar-refractivity contribution in [2.24, 2.45) is 5.92 Å². The third-order valence-corrected chi connectivity index (χ3v) is 7.83. The van der Waals surface area contributed by atoms with E-state index in [1.54, 1.807) is 43.5 Å². The summed E-state index contributed by atoms with van der Waals surface area (Å²) >= 11 is 0. The van der Waals surface area contributed by atoms with Crippen molar-refractivity contribution < 1.29 is 17.9 Å². The van der Waals surface area contributed by atoms with Crippen LogP contribution in [0.15, 0.2) is 53.4 Å². The number of methoxy groups -OCH3 is 1. The van der Waals surface area contributed by atoms with Gasteiger partial charge in [-0.2, -0.15) is 0 Å². The van der Waals surface area contributed by atoms with E-state index in [4.69, 9.17) is 4.74 Å². The van der Waals surface area contributed by atoms with E-state index in [2.05, 4.69) is 4.90 Å². The van der Waals surface area contributed by atoms with Crippen molar-refractivity contribution >= 4 is 21.6 Å². The predicted molar refractivity (Wildman–Crippen MR) is 120 cm³/mol. The molecule has 166 valence electrons. The normalized spacial score (nSPS) is 17.4. The summed E-state index contributed by atoms with van der Waals surface area (Å²) in [6.45, 7) is 4.23. The maximum Gasteiger partial charge on any atom is 0.264 e.